The highest BCUT2D eigenvalue weighted by Crippen LogP contribution is 2.38. The van der Waals surface area contributed by atoms with E-state index in [1.165, 1.54) is 26.0 Å². The molecule has 1 aliphatic carbocycles. The minimum atomic E-state index is -1.16. The van der Waals surface area contributed by atoms with Crippen LogP contribution < -0.4 is 5.32 Å². The number of hydrogen-bond donors (Lipinski definition) is 1. The molecule has 0 unspecified atom stereocenters. The minimum Gasteiger partial charge on any atom is -0.456 e. The number of nitrogens with zero attached hydrogens (tertiary/aromatic N) is 1. The first-order chi connectivity index (χ1) is 14.2. The number of halogens is 1. The van der Waals surface area contributed by atoms with Gasteiger partial charge in [-0.15, -0.1) is 0 Å². The number of Topliss-reactive ketones (excluding diaryl/α,β-unsaturated/α-hetero) is 1. The Morgan fingerprint density at radius 3 is 2.30 bits per heavy atom. The molecule has 0 aromatic heterocycles. The molecule has 1 N–H and O–H groups in total. The number of ketones is 1. The van der Waals surface area contributed by atoms with Crippen LogP contribution in [0.25, 0.3) is 0 Å². The van der Waals surface area contributed by atoms with E-state index in [0.29, 0.717) is 12.8 Å². The lowest BCUT2D eigenvalue weighted by Gasteiger charge is -2.21. The zero-order valence-electron chi connectivity index (χ0n) is 16.8. The maximum atomic E-state index is 14.1. The van der Waals surface area contributed by atoms with Crippen molar-refractivity contribution in [2.75, 3.05) is 11.9 Å². The number of amides is 3. The average Bonchev–Trinajstić information content (AvgIpc) is 2.95. The van der Waals surface area contributed by atoms with Gasteiger partial charge in [0.05, 0.1) is 17.4 Å². The number of likely N-dealkylation sites (tertiary alicyclic amines) is 1. The van der Waals surface area contributed by atoms with E-state index in [1.54, 1.807) is 0 Å². The van der Waals surface area contributed by atoms with Gasteiger partial charge in [-0.1, -0.05) is 12.8 Å². The fourth-order valence-corrected chi connectivity index (χ4v) is 4.03. The maximum Gasteiger partial charge on any atom is 0.329 e. The van der Waals surface area contributed by atoms with Gasteiger partial charge in [0, 0.05) is 12.6 Å². The van der Waals surface area contributed by atoms with Crippen LogP contribution in [-0.2, 0) is 23.9 Å². The summed E-state index contributed by atoms with van der Waals surface area (Å²) < 4.78 is 19.1. The number of rotatable bonds is 6. The summed E-state index contributed by atoms with van der Waals surface area (Å²) in [7, 11) is 0. The first-order valence-electron chi connectivity index (χ1n) is 9.84. The van der Waals surface area contributed by atoms with Gasteiger partial charge >= 0.3 is 5.97 Å². The van der Waals surface area contributed by atoms with Crippen molar-refractivity contribution in [3.05, 3.63) is 29.6 Å². The zero-order chi connectivity index (χ0) is 22.0. The molecule has 2 aliphatic rings. The standard InChI is InChI=1S/C21H23FN2O6/c1-11(24-19(27)14-5-3-4-6-15(14)20(24)28)21(29)30-10-18(26)16-8-7-13(9-17(16)22)23-12(2)25/h7-9,11,14-15H,3-6,10H2,1-2H3,(H,23,25)/t11-,14-,15-/m0/s1. The van der Waals surface area contributed by atoms with E-state index in [1.807, 2.05) is 0 Å². The van der Waals surface area contributed by atoms with E-state index in [0.717, 1.165) is 23.8 Å². The van der Waals surface area contributed by atoms with Crippen molar-refractivity contribution in [1.29, 1.82) is 0 Å². The van der Waals surface area contributed by atoms with Crippen molar-refractivity contribution in [1.82, 2.24) is 4.90 Å². The van der Waals surface area contributed by atoms with Crippen LogP contribution in [0.3, 0.4) is 0 Å². The zero-order valence-corrected chi connectivity index (χ0v) is 16.8. The van der Waals surface area contributed by atoms with E-state index in [9.17, 15) is 28.4 Å². The molecule has 30 heavy (non-hydrogen) atoms. The largest absolute Gasteiger partial charge is 0.456 e. The lowest BCUT2D eigenvalue weighted by molar-refractivity contribution is -0.157. The molecule has 1 heterocycles. The molecule has 0 radical (unpaired) electrons. The van der Waals surface area contributed by atoms with Crippen molar-refractivity contribution in [3.8, 4) is 0 Å². The lowest BCUT2D eigenvalue weighted by atomic mass is 9.81. The topological polar surface area (TPSA) is 110 Å². The Kier molecular flexibility index (Phi) is 6.28. The SMILES string of the molecule is CC(=O)Nc1ccc(C(=O)COC(=O)[C@H](C)N2C(=O)[C@H]3CCCC[C@@H]3C2=O)c(F)c1. The van der Waals surface area contributed by atoms with Crippen molar-refractivity contribution in [2.45, 2.75) is 45.6 Å². The van der Waals surface area contributed by atoms with Crippen LogP contribution in [-0.4, -0.2) is 47.0 Å². The molecule has 160 valence electrons. The number of anilines is 1. The summed E-state index contributed by atoms with van der Waals surface area (Å²) in [6, 6.07) is 2.36. The fraction of sp³-hybridized carbons (Fsp3) is 0.476. The molecule has 1 aromatic rings. The number of carbonyl (C=O) groups excluding carboxylic acids is 5. The molecule has 1 saturated heterocycles. The molecule has 1 saturated carbocycles. The van der Waals surface area contributed by atoms with Crippen LogP contribution in [0.4, 0.5) is 10.1 Å². The van der Waals surface area contributed by atoms with Crippen molar-refractivity contribution < 1.29 is 33.1 Å². The summed E-state index contributed by atoms with van der Waals surface area (Å²) in [6.07, 6.45) is 2.99. The Hall–Kier alpha value is -3.10. The first-order valence-corrected chi connectivity index (χ1v) is 9.84. The second-order valence-electron chi connectivity index (χ2n) is 7.63. The third-order valence-corrected chi connectivity index (χ3v) is 5.54. The molecule has 8 nitrogen and oxygen atoms in total. The van der Waals surface area contributed by atoms with E-state index in [4.69, 9.17) is 4.74 Å². The van der Waals surface area contributed by atoms with Crippen molar-refractivity contribution >= 4 is 35.2 Å². The Bertz CT molecular complexity index is 891. The van der Waals surface area contributed by atoms with Gasteiger partial charge < -0.3 is 10.1 Å². The lowest BCUT2D eigenvalue weighted by Crippen LogP contribution is -2.44. The fourth-order valence-electron chi connectivity index (χ4n) is 4.03. The van der Waals surface area contributed by atoms with Gasteiger partial charge in [0.25, 0.3) is 0 Å². The summed E-state index contributed by atoms with van der Waals surface area (Å²) in [5, 5.41) is 2.39. The predicted molar refractivity (Wildman–Crippen MR) is 103 cm³/mol. The summed E-state index contributed by atoms with van der Waals surface area (Å²) >= 11 is 0. The minimum absolute atomic E-state index is 0.190. The highest BCUT2D eigenvalue weighted by Gasteiger charge is 2.51. The molecule has 3 rings (SSSR count). The normalized spacial score (nSPS) is 21.8. The number of esters is 1. The van der Waals surface area contributed by atoms with Gasteiger partial charge in [0.15, 0.2) is 6.61 Å². The highest BCUT2D eigenvalue weighted by molar-refractivity contribution is 6.08. The maximum absolute atomic E-state index is 14.1. The molecule has 0 spiro atoms. The smallest absolute Gasteiger partial charge is 0.329 e. The monoisotopic (exact) mass is 418 g/mol. The number of imide groups is 1. The van der Waals surface area contributed by atoms with Gasteiger partial charge in [0.1, 0.15) is 11.9 Å². The Morgan fingerprint density at radius 1 is 1.17 bits per heavy atom. The van der Waals surface area contributed by atoms with Gasteiger partial charge in [-0.3, -0.25) is 24.1 Å². The van der Waals surface area contributed by atoms with Crippen LogP contribution in [0.5, 0.6) is 0 Å². The number of benzene rings is 1. The van der Waals surface area contributed by atoms with Gasteiger partial charge in [-0.25, -0.2) is 9.18 Å². The average molecular weight is 418 g/mol. The van der Waals surface area contributed by atoms with Crippen molar-refractivity contribution in [2.24, 2.45) is 11.8 Å². The number of fused-ring (bicyclic) bond motifs is 1. The van der Waals surface area contributed by atoms with E-state index >= 15 is 0 Å². The van der Waals surface area contributed by atoms with Crippen LogP contribution in [0.2, 0.25) is 0 Å². The summed E-state index contributed by atoms with van der Waals surface area (Å²) in [5.74, 6) is -4.47. The molecule has 1 aromatic carbocycles. The van der Waals surface area contributed by atoms with Crippen LogP contribution in [0.15, 0.2) is 18.2 Å². The number of ether oxygens (including phenoxy) is 1. The molecule has 2 fully saturated rings. The van der Waals surface area contributed by atoms with E-state index in [-0.39, 0.29) is 40.8 Å². The Balaban J connectivity index is 1.61. The van der Waals surface area contributed by atoms with Crippen LogP contribution in [0, 0.1) is 17.7 Å². The second kappa shape index (κ2) is 8.73. The highest BCUT2D eigenvalue weighted by atomic mass is 19.1. The molecular weight excluding hydrogens is 395 g/mol. The predicted octanol–water partition coefficient (Wildman–Crippen LogP) is 2.07. The molecule has 0 bridgehead atoms. The van der Waals surface area contributed by atoms with Crippen LogP contribution >= 0.6 is 0 Å². The van der Waals surface area contributed by atoms with E-state index < -0.39 is 30.2 Å². The second-order valence-corrected chi connectivity index (χ2v) is 7.63. The molecule has 9 heteroatoms. The number of carbonyl (C=O) groups is 5. The number of nitrogens with one attached hydrogen (secondary N) is 1. The first kappa shape index (κ1) is 21.6. The molecular formula is C21H23FN2O6. The number of hydrogen-bond acceptors (Lipinski definition) is 6. The quantitative estimate of drug-likeness (QED) is 0.430. The summed E-state index contributed by atoms with van der Waals surface area (Å²) in [4.78, 5) is 61.7. The Morgan fingerprint density at radius 2 is 1.77 bits per heavy atom. The van der Waals surface area contributed by atoms with Gasteiger partial charge in [-0.05, 0) is 38.0 Å². The summed E-state index contributed by atoms with van der Waals surface area (Å²) in [5.41, 5.74) is -0.112. The molecule has 3 amide bonds. The Labute approximate surface area is 172 Å². The van der Waals surface area contributed by atoms with Crippen LogP contribution in [0.1, 0.15) is 49.9 Å². The van der Waals surface area contributed by atoms with Gasteiger partial charge in [0.2, 0.25) is 23.5 Å². The summed E-state index contributed by atoms with van der Waals surface area (Å²) in [6.45, 7) is 1.91. The third-order valence-electron chi connectivity index (χ3n) is 5.54. The van der Waals surface area contributed by atoms with E-state index in [2.05, 4.69) is 5.32 Å². The third kappa shape index (κ3) is 4.24. The van der Waals surface area contributed by atoms with Gasteiger partial charge in [-0.2, -0.15) is 0 Å². The molecule has 3 atom stereocenters. The van der Waals surface area contributed by atoms with Crippen molar-refractivity contribution in [3.63, 3.8) is 0 Å². The molecule has 1 aliphatic heterocycles.